The lowest BCUT2D eigenvalue weighted by Crippen LogP contribution is -2.25. The minimum atomic E-state index is -0.309. The largest absolute Gasteiger partial charge is 0.508 e. The van der Waals surface area contributed by atoms with E-state index in [-0.39, 0.29) is 29.8 Å². The fourth-order valence-corrected chi connectivity index (χ4v) is 3.04. The summed E-state index contributed by atoms with van der Waals surface area (Å²) in [5.41, 5.74) is 2.52. The number of hydrogen-bond acceptors (Lipinski definition) is 3. The van der Waals surface area contributed by atoms with E-state index in [1.54, 1.807) is 42.7 Å². The lowest BCUT2D eigenvalue weighted by atomic mass is 9.89. The minimum absolute atomic E-state index is 0.107. The molecule has 1 atom stereocenters. The fourth-order valence-electron chi connectivity index (χ4n) is 3.04. The van der Waals surface area contributed by atoms with E-state index in [9.17, 15) is 14.3 Å². The van der Waals surface area contributed by atoms with Gasteiger partial charge in [-0.2, -0.15) is 0 Å². The van der Waals surface area contributed by atoms with Crippen molar-refractivity contribution in [1.29, 1.82) is 0 Å². The third kappa shape index (κ3) is 2.42. The first-order valence-corrected chi connectivity index (χ1v) is 7.54. The molecule has 0 fully saturated rings. The summed E-state index contributed by atoms with van der Waals surface area (Å²) >= 11 is 0. The second-order valence-electron chi connectivity index (χ2n) is 5.72. The van der Waals surface area contributed by atoms with Crippen molar-refractivity contribution >= 4 is 11.7 Å². The third-order valence-electron chi connectivity index (χ3n) is 4.18. The number of aromatic nitrogens is 2. The van der Waals surface area contributed by atoms with E-state index < -0.39 is 0 Å². The van der Waals surface area contributed by atoms with Gasteiger partial charge in [0.05, 0.1) is 5.69 Å². The molecule has 4 rings (SSSR count). The van der Waals surface area contributed by atoms with Crippen LogP contribution in [-0.4, -0.2) is 20.6 Å². The van der Waals surface area contributed by atoms with Crippen molar-refractivity contribution in [2.75, 3.05) is 5.32 Å². The molecule has 3 aromatic rings. The second-order valence-corrected chi connectivity index (χ2v) is 5.72. The van der Waals surface area contributed by atoms with E-state index >= 15 is 0 Å². The Bertz CT molecular complexity index is 901. The van der Waals surface area contributed by atoms with E-state index in [4.69, 9.17) is 0 Å². The number of anilines is 1. The van der Waals surface area contributed by atoms with Gasteiger partial charge < -0.3 is 15.0 Å². The number of nitrogens with zero attached hydrogens (tertiary/aromatic N) is 2. The molecule has 0 unspecified atom stereocenters. The van der Waals surface area contributed by atoms with Crippen LogP contribution in [0.15, 0.2) is 54.9 Å². The highest BCUT2D eigenvalue weighted by atomic mass is 19.1. The van der Waals surface area contributed by atoms with E-state index in [2.05, 4.69) is 10.3 Å². The van der Waals surface area contributed by atoms with Gasteiger partial charge in [0.2, 0.25) is 5.91 Å². The summed E-state index contributed by atoms with van der Waals surface area (Å²) in [5, 5.41) is 12.3. The van der Waals surface area contributed by atoms with Gasteiger partial charge in [-0.3, -0.25) is 4.79 Å². The van der Waals surface area contributed by atoms with Crippen LogP contribution in [0, 0.1) is 5.82 Å². The number of carbonyl (C=O) groups excluding carboxylic acids is 1. The number of nitrogens with one attached hydrogen (secondary N) is 1. The van der Waals surface area contributed by atoms with Gasteiger partial charge in [-0.15, -0.1) is 0 Å². The van der Waals surface area contributed by atoms with Crippen LogP contribution in [0.5, 0.6) is 5.75 Å². The highest BCUT2D eigenvalue weighted by Gasteiger charge is 2.31. The fraction of sp³-hybridized carbons (Fsp3) is 0.111. The number of phenolic OH excluding ortho intramolecular Hbond substituents is 1. The molecule has 0 radical (unpaired) electrons. The highest BCUT2D eigenvalue weighted by Crippen LogP contribution is 2.38. The second kappa shape index (κ2) is 5.49. The molecular weight excluding hydrogens is 309 g/mol. The Kier molecular flexibility index (Phi) is 3.30. The predicted octanol–water partition coefficient (Wildman–Crippen LogP) is 3.19. The SMILES string of the molecule is O=C1C[C@@H](c2ccc(O)cc2)c2c(ncn2-c2ccc(F)cc2)N1. The third-order valence-corrected chi connectivity index (χ3v) is 4.18. The zero-order valence-corrected chi connectivity index (χ0v) is 12.6. The molecule has 2 heterocycles. The molecule has 0 saturated heterocycles. The van der Waals surface area contributed by atoms with Gasteiger partial charge in [-0.25, -0.2) is 9.37 Å². The van der Waals surface area contributed by atoms with Crippen LogP contribution in [0.4, 0.5) is 10.2 Å². The van der Waals surface area contributed by atoms with Crippen LogP contribution in [0.25, 0.3) is 5.69 Å². The number of halogens is 1. The summed E-state index contributed by atoms with van der Waals surface area (Å²) in [7, 11) is 0. The Hall–Kier alpha value is -3.15. The maximum atomic E-state index is 13.2. The van der Waals surface area contributed by atoms with Crippen molar-refractivity contribution in [3.05, 3.63) is 71.9 Å². The number of aromatic hydroxyl groups is 1. The van der Waals surface area contributed by atoms with Crippen LogP contribution in [0.2, 0.25) is 0 Å². The topological polar surface area (TPSA) is 67.1 Å². The Morgan fingerprint density at radius 1 is 1.12 bits per heavy atom. The smallest absolute Gasteiger partial charge is 0.226 e. The number of phenols is 1. The maximum absolute atomic E-state index is 13.2. The van der Waals surface area contributed by atoms with Crippen molar-refractivity contribution in [3.63, 3.8) is 0 Å². The summed E-state index contributed by atoms with van der Waals surface area (Å²) in [6.45, 7) is 0. The Labute approximate surface area is 137 Å². The zero-order chi connectivity index (χ0) is 16.7. The van der Waals surface area contributed by atoms with Crippen LogP contribution < -0.4 is 5.32 Å². The lowest BCUT2D eigenvalue weighted by Gasteiger charge is -2.24. The van der Waals surface area contributed by atoms with Crippen molar-refractivity contribution in [2.24, 2.45) is 0 Å². The molecule has 1 amide bonds. The molecular formula is C18H14FN3O2. The average molecular weight is 323 g/mol. The van der Waals surface area contributed by atoms with Gasteiger partial charge in [0, 0.05) is 18.0 Å². The number of fused-ring (bicyclic) bond motifs is 1. The standard InChI is InChI=1S/C18H14FN3O2/c19-12-3-5-13(6-4-12)22-10-20-18-17(22)15(9-16(24)21-18)11-1-7-14(23)8-2-11/h1-8,10,15,23H,9H2,(H,21,24)/t15-/m0/s1. The Morgan fingerprint density at radius 2 is 1.83 bits per heavy atom. The monoisotopic (exact) mass is 323 g/mol. The predicted molar refractivity (Wildman–Crippen MR) is 86.7 cm³/mol. The van der Waals surface area contributed by atoms with Gasteiger partial charge in [-0.1, -0.05) is 12.1 Å². The molecule has 0 saturated carbocycles. The molecule has 2 N–H and O–H groups in total. The normalized spacial score (nSPS) is 16.5. The average Bonchev–Trinajstić information content (AvgIpc) is 2.99. The molecule has 0 spiro atoms. The molecule has 120 valence electrons. The zero-order valence-electron chi connectivity index (χ0n) is 12.6. The van der Waals surface area contributed by atoms with Crippen LogP contribution in [0.3, 0.4) is 0 Å². The van der Waals surface area contributed by atoms with Crippen molar-refractivity contribution in [3.8, 4) is 11.4 Å². The molecule has 24 heavy (non-hydrogen) atoms. The van der Waals surface area contributed by atoms with Crippen molar-refractivity contribution in [2.45, 2.75) is 12.3 Å². The van der Waals surface area contributed by atoms with Crippen LogP contribution in [-0.2, 0) is 4.79 Å². The maximum Gasteiger partial charge on any atom is 0.226 e. The molecule has 1 aromatic heterocycles. The summed E-state index contributed by atoms with van der Waals surface area (Å²) in [5.74, 6) is 0.0721. The van der Waals surface area contributed by atoms with Crippen LogP contribution >= 0.6 is 0 Å². The first kappa shape index (κ1) is 14.4. The molecule has 1 aliphatic rings. The van der Waals surface area contributed by atoms with Crippen LogP contribution in [0.1, 0.15) is 23.6 Å². The van der Waals surface area contributed by atoms with Gasteiger partial charge >= 0.3 is 0 Å². The first-order chi connectivity index (χ1) is 11.6. The molecule has 1 aliphatic heterocycles. The lowest BCUT2D eigenvalue weighted by molar-refractivity contribution is -0.116. The summed E-state index contributed by atoms with van der Waals surface area (Å²) < 4.78 is 15.0. The molecule has 6 heteroatoms. The molecule has 0 aliphatic carbocycles. The van der Waals surface area contributed by atoms with Gasteiger partial charge in [0.1, 0.15) is 17.9 Å². The number of rotatable bonds is 2. The van der Waals surface area contributed by atoms with Gasteiger partial charge in [0.15, 0.2) is 5.82 Å². The number of benzene rings is 2. The number of amides is 1. The number of imidazole rings is 1. The highest BCUT2D eigenvalue weighted by molar-refractivity contribution is 5.94. The number of hydrogen-bond donors (Lipinski definition) is 2. The summed E-state index contributed by atoms with van der Waals surface area (Å²) in [4.78, 5) is 16.3. The Balaban J connectivity index is 1.85. The summed E-state index contributed by atoms with van der Waals surface area (Å²) in [6.07, 6.45) is 1.90. The van der Waals surface area contributed by atoms with Gasteiger partial charge in [0.25, 0.3) is 0 Å². The van der Waals surface area contributed by atoms with E-state index in [0.717, 1.165) is 16.9 Å². The summed E-state index contributed by atoms with van der Waals surface area (Å²) in [6, 6.07) is 12.9. The quantitative estimate of drug-likeness (QED) is 0.761. The molecule has 5 nitrogen and oxygen atoms in total. The molecule has 0 bridgehead atoms. The first-order valence-electron chi connectivity index (χ1n) is 7.54. The van der Waals surface area contributed by atoms with Gasteiger partial charge in [-0.05, 0) is 42.0 Å². The molecule has 2 aromatic carbocycles. The van der Waals surface area contributed by atoms with E-state index in [1.807, 2.05) is 4.57 Å². The van der Waals surface area contributed by atoms with E-state index in [0.29, 0.717) is 5.82 Å². The van der Waals surface area contributed by atoms with Crippen molar-refractivity contribution in [1.82, 2.24) is 9.55 Å². The number of carbonyl (C=O) groups is 1. The minimum Gasteiger partial charge on any atom is -0.508 e. The Morgan fingerprint density at radius 3 is 2.54 bits per heavy atom. The van der Waals surface area contributed by atoms with E-state index in [1.165, 1.54) is 12.1 Å². The van der Waals surface area contributed by atoms with Crippen molar-refractivity contribution < 1.29 is 14.3 Å².